The molecule has 1 heterocycles. The van der Waals surface area contributed by atoms with Crippen LogP contribution in [0.5, 0.6) is 5.75 Å². The molecule has 158 valence electrons. The standard InChI is InChI=1S/C22H20ClF3N2O2/c1-13(15-5-6-15)21(22(24,25)26)18-11-16(23)7-10-19(18)28(20(29)27-21)12-14-3-8-17(30-2)9-4-14/h3-4,7-11,15H,1,5-6,12H2,2H3,(H,27,29)/t21-/m0/s1. The van der Waals surface area contributed by atoms with Crippen molar-refractivity contribution in [3.05, 3.63) is 70.8 Å². The van der Waals surface area contributed by atoms with E-state index in [0.29, 0.717) is 18.6 Å². The topological polar surface area (TPSA) is 41.6 Å². The zero-order chi connectivity index (χ0) is 21.7. The lowest BCUT2D eigenvalue weighted by Gasteiger charge is -2.46. The molecule has 0 saturated heterocycles. The molecule has 0 aromatic heterocycles. The van der Waals surface area contributed by atoms with Gasteiger partial charge in [0.15, 0.2) is 5.54 Å². The summed E-state index contributed by atoms with van der Waals surface area (Å²) in [5.74, 6) is 0.359. The summed E-state index contributed by atoms with van der Waals surface area (Å²) in [6.45, 7) is 3.85. The number of ether oxygens (including phenoxy) is 1. The van der Waals surface area contributed by atoms with E-state index in [1.807, 2.05) is 0 Å². The maximum absolute atomic E-state index is 14.5. The van der Waals surface area contributed by atoms with Crippen molar-refractivity contribution in [2.45, 2.75) is 31.1 Å². The number of benzene rings is 2. The third-order valence-corrected chi connectivity index (χ3v) is 5.90. The largest absolute Gasteiger partial charge is 0.497 e. The summed E-state index contributed by atoms with van der Waals surface area (Å²) in [5, 5.41) is 2.41. The molecule has 0 radical (unpaired) electrons. The van der Waals surface area contributed by atoms with Crippen LogP contribution in [0.4, 0.5) is 23.7 Å². The predicted octanol–water partition coefficient (Wildman–Crippen LogP) is 5.80. The molecule has 1 N–H and O–H groups in total. The predicted molar refractivity (Wildman–Crippen MR) is 109 cm³/mol. The molecule has 8 heteroatoms. The Labute approximate surface area is 177 Å². The van der Waals surface area contributed by atoms with E-state index in [-0.39, 0.29) is 34.3 Å². The Morgan fingerprint density at radius 2 is 1.93 bits per heavy atom. The normalized spacial score (nSPS) is 21.1. The number of halogens is 4. The fourth-order valence-corrected chi connectivity index (χ4v) is 4.09. The van der Waals surface area contributed by atoms with Crippen molar-refractivity contribution >= 4 is 23.3 Å². The monoisotopic (exact) mass is 436 g/mol. The minimum atomic E-state index is -4.77. The molecule has 1 fully saturated rings. The first-order valence-electron chi connectivity index (χ1n) is 9.46. The minimum Gasteiger partial charge on any atom is -0.497 e. The highest BCUT2D eigenvalue weighted by atomic mass is 35.5. The number of alkyl halides is 3. The number of nitrogens with zero attached hydrogens (tertiary/aromatic N) is 1. The Kier molecular flexibility index (Phi) is 4.97. The van der Waals surface area contributed by atoms with Gasteiger partial charge in [0.2, 0.25) is 0 Å². The van der Waals surface area contributed by atoms with Gasteiger partial charge in [-0.2, -0.15) is 13.2 Å². The van der Waals surface area contributed by atoms with Crippen molar-refractivity contribution in [1.82, 2.24) is 5.32 Å². The smallest absolute Gasteiger partial charge is 0.419 e. The Hall–Kier alpha value is -2.67. The average molecular weight is 437 g/mol. The summed E-state index contributed by atoms with van der Waals surface area (Å²) in [4.78, 5) is 14.3. The van der Waals surface area contributed by atoms with Gasteiger partial charge in [-0.15, -0.1) is 0 Å². The second-order valence-electron chi connectivity index (χ2n) is 7.57. The molecule has 4 nitrogen and oxygen atoms in total. The van der Waals surface area contributed by atoms with Crippen LogP contribution in [0.2, 0.25) is 5.02 Å². The van der Waals surface area contributed by atoms with Crippen LogP contribution in [0.15, 0.2) is 54.6 Å². The number of carbonyl (C=O) groups excluding carboxylic acids is 1. The van der Waals surface area contributed by atoms with E-state index in [1.165, 1.54) is 30.2 Å². The molecule has 4 rings (SSSR count). The maximum Gasteiger partial charge on any atom is 0.419 e. The fraction of sp³-hybridized carbons (Fsp3) is 0.318. The van der Waals surface area contributed by atoms with Crippen molar-refractivity contribution in [3.8, 4) is 5.75 Å². The highest BCUT2D eigenvalue weighted by Gasteiger charge is 2.64. The van der Waals surface area contributed by atoms with Gasteiger partial charge >= 0.3 is 12.2 Å². The summed E-state index contributed by atoms with van der Waals surface area (Å²) in [6, 6.07) is 10.4. The third kappa shape index (κ3) is 3.31. The quantitative estimate of drug-likeness (QED) is 0.601. The van der Waals surface area contributed by atoms with Gasteiger partial charge in [-0.25, -0.2) is 4.79 Å². The van der Waals surface area contributed by atoms with Gasteiger partial charge in [-0.05, 0) is 60.2 Å². The molecule has 2 aromatic carbocycles. The van der Waals surface area contributed by atoms with Gasteiger partial charge in [0, 0.05) is 10.6 Å². The molecule has 2 aliphatic rings. The summed E-state index contributed by atoms with van der Waals surface area (Å²) in [5.41, 5.74) is -1.91. The second-order valence-corrected chi connectivity index (χ2v) is 8.01. The molecular formula is C22H20ClF3N2O2. The van der Waals surface area contributed by atoms with E-state index in [9.17, 15) is 18.0 Å². The van der Waals surface area contributed by atoms with Crippen molar-refractivity contribution < 1.29 is 22.7 Å². The SMILES string of the molecule is C=C(C1CC1)[C@]1(C(F)(F)F)NC(=O)N(Cc2ccc(OC)cc2)c2ccc(Cl)cc21. The van der Waals surface area contributed by atoms with E-state index in [4.69, 9.17) is 16.3 Å². The molecular weight excluding hydrogens is 417 g/mol. The van der Waals surface area contributed by atoms with Crippen LogP contribution in [-0.2, 0) is 12.1 Å². The minimum absolute atomic E-state index is 0.0454. The zero-order valence-electron chi connectivity index (χ0n) is 16.2. The van der Waals surface area contributed by atoms with Crippen molar-refractivity contribution in [2.75, 3.05) is 12.0 Å². The van der Waals surface area contributed by atoms with Gasteiger partial charge < -0.3 is 10.1 Å². The molecule has 1 aliphatic heterocycles. The number of hydrogen-bond donors (Lipinski definition) is 1. The van der Waals surface area contributed by atoms with E-state index in [1.54, 1.807) is 24.3 Å². The molecule has 2 aromatic rings. The fourth-order valence-electron chi connectivity index (χ4n) is 3.92. The number of anilines is 1. The van der Waals surface area contributed by atoms with Crippen LogP contribution < -0.4 is 15.0 Å². The van der Waals surface area contributed by atoms with Crippen LogP contribution in [0.1, 0.15) is 24.0 Å². The number of rotatable bonds is 5. The van der Waals surface area contributed by atoms with Crippen LogP contribution >= 0.6 is 11.6 Å². The highest BCUT2D eigenvalue weighted by molar-refractivity contribution is 6.30. The number of nitrogens with one attached hydrogen (secondary N) is 1. The zero-order valence-corrected chi connectivity index (χ0v) is 17.0. The van der Waals surface area contributed by atoms with Crippen LogP contribution in [-0.4, -0.2) is 19.3 Å². The molecule has 1 aliphatic carbocycles. The average Bonchev–Trinajstić information content (AvgIpc) is 3.54. The van der Waals surface area contributed by atoms with Crippen LogP contribution in [0, 0.1) is 5.92 Å². The number of urea groups is 1. The highest BCUT2D eigenvalue weighted by Crippen LogP contribution is 2.55. The van der Waals surface area contributed by atoms with Crippen LogP contribution in [0.25, 0.3) is 0 Å². The number of amides is 2. The third-order valence-electron chi connectivity index (χ3n) is 5.67. The molecule has 30 heavy (non-hydrogen) atoms. The molecule has 1 atom stereocenters. The van der Waals surface area contributed by atoms with Gasteiger partial charge in [0.1, 0.15) is 5.75 Å². The van der Waals surface area contributed by atoms with Crippen molar-refractivity contribution in [3.63, 3.8) is 0 Å². The maximum atomic E-state index is 14.5. The van der Waals surface area contributed by atoms with Gasteiger partial charge in [-0.1, -0.05) is 30.3 Å². The summed E-state index contributed by atoms with van der Waals surface area (Å²) < 4.78 is 48.6. The van der Waals surface area contributed by atoms with Crippen molar-refractivity contribution in [2.24, 2.45) is 5.92 Å². The first-order valence-corrected chi connectivity index (χ1v) is 9.84. The Balaban J connectivity index is 1.82. The lowest BCUT2D eigenvalue weighted by molar-refractivity contribution is -0.186. The van der Waals surface area contributed by atoms with Gasteiger partial charge in [0.25, 0.3) is 0 Å². The molecule has 1 saturated carbocycles. The first kappa shape index (κ1) is 20.6. The second kappa shape index (κ2) is 7.23. The Bertz CT molecular complexity index is 1000. The first-order chi connectivity index (χ1) is 14.2. The number of fused-ring (bicyclic) bond motifs is 1. The Morgan fingerprint density at radius 1 is 1.27 bits per heavy atom. The van der Waals surface area contributed by atoms with Gasteiger partial charge in [0.05, 0.1) is 19.3 Å². The molecule has 0 bridgehead atoms. The lowest BCUT2D eigenvalue weighted by Crippen LogP contribution is -2.63. The lowest BCUT2D eigenvalue weighted by atomic mass is 9.77. The molecule has 2 amide bonds. The number of hydrogen-bond acceptors (Lipinski definition) is 2. The van der Waals surface area contributed by atoms with E-state index in [2.05, 4.69) is 11.9 Å². The summed E-state index contributed by atoms with van der Waals surface area (Å²) >= 11 is 6.09. The summed E-state index contributed by atoms with van der Waals surface area (Å²) in [7, 11) is 1.54. The Morgan fingerprint density at radius 3 is 2.50 bits per heavy atom. The summed E-state index contributed by atoms with van der Waals surface area (Å²) in [6.07, 6.45) is -3.52. The molecule has 0 unspecified atom stereocenters. The number of carbonyl (C=O) groups is 1. The van der Waals surface area contributed by atoms with Gasteiger partial charge in [-0.3, -0.25) is 4.90 Å². The molecule has 0 spiro atoms. The number of methoxy groups -OCH3 is 1. The van der Waals surface area contributed by atoms with E-state index < -0.39 is 17.7 Å². The van der Waals surface area contributed by atoms with Crippen LogP contribution in [0.3, 0.4) is 0 Å². The van der Waals surface area contributed by atoms with Crippen molar-refractivity contribution in [1.29, 1.82) is 0 Å². The van der Waals surface area contributed by atoms with E-state index in [0.717, 1.165) is 5.56 Å². The van der Waals surface area contributed by atoms with E-state index >= 15 is 0 Å².